The molecule has 0 unspecified atom stereocenters. The number of rotatable bonds is 2. The van der Waals surface area contributed by atoms with E-state index in [2.05, 4.69) is 13.8 Å². The van der Waals surface area contributed by atoms with Crippen LogP contribution in [0.1, 0.15) is 40.0 Å². The van der Waals surface area contributed by atoms with Gasteiger partial charge in [-0.15, -0.1) is 23.2 Å². The fourth-order valence-corrected chi connectivity index (χ4v) is 0.354. The largest absolute Gasteiger partial charge is 0.412 e. The maximum absolute atomic E-state index is 5.04. The first kappa shape index (κ1) is 16.9. The summed E-state index contributed by atoms with van der Waals surface area (Å²) in [6.07, 6.45) is 4.08. The van der Waals surface area contributed by atoms with Gasteiger partial charge in [0.05, 0.1) is 0 Å². The Hall–Kier alpha value is 0.540. The number of halogens is 2. The van der Waals surface area contributed by atoms with Crippen molar-refractivity contribution in [1.82, 2.24) is 0 Å². The van der Waals surface area contributed by atoms with Crippen LogP contribution in [0.15, 0.2) is 0 Å². The van der Waals surface area contributed by atoms with E-state index >= 15 is 0 Å². The lowest BCUT2D eigenvalue weighted by Crippen LogP contribution is -1.63. The summed E-state index contributed by atoms with van der Waals surface area (Å²) < 4.78 is 0. The van der Waals surface area contributed by atoms with Crippen molar-refractivity contribution >= 4 is 23.2 Å². The van der Waals surface area contributed by atoms with Crippen molar-refractivity contribution in [2.45, 2.75) is 44.9 Å². The van der Waals surface area contributed by atoms with Crippen LogP contribution in [0, 0.1) is 0 Å². The zero-order valence-corrected chi connectivity index (χ0v) is 8.47. The van der Waals surface area contributed by atoms with Crippen molar-refractivity contribution in [3.05, 3.63) is 0 Å². The molecule has 0 aromatic heterocycles. The van der Waals surface area contributed by atoms with Crippen LogP contribution >= 0.6 is 23.2 Å². The second-order valence-corrected chi connectivity index (χ2v) is 3.41. The lowest BCUT2D eigenvalue weighted by Gasteiger charge is -1.79. The molecule has 0 saturated heterocycles. The maximum Gasteiger partial charge on any atom is 0.105 e. The molecule has 0 atom stereocenters. The lowest BCUT2D eigenvalue weighted by atomic mass is 10.3. The molecule has 0 heterocycles. The van der Waals surface area contributed by atoms with Gasteiger partial charge in [0.2, 0.25) is 0 Å². The van der Waals surface area contributed by atoms with E-state index < -0.39 is 0 Å². The van der Waals surface area contributed by atoms with Gasteiger partial charge in [0, 0.05) is 0 Å². The van der Waals surface area contributed by atoms with Crippen molar-refractivity contribution < 1.29 is 5.48 Å². The van der Waals surface area contributed by atoms with Crippen molar-refractivity contribution in [3.8, 4) is 0 Å². The molecular formula is C7H18Cl2O. The van der Waals surface area contributed by atoms with E-state index in [4.69, 9.17) is 23.2 Å². The van der Waals surface area contributed by atoms with Gasteiger partial charge in [-0.2, -0.15) is 0 Å². The molecule has 66 valence electrons. The van der Waals surface area contributed by atoms with E-state index in [1.165, 1.54) is 19.3 Å². The highest BCUT2D eigenvalue weighted by Gasteiger charge is 1.75. The van der Waals surface area contributed by atoms with Crippen molar-refractivity contribution in [2.24, 2.45) is 0 Å². The average Bonchev–Trinajstić information content (AvgIpc) is 1.66. The van der Waals surface area contributed by atoms with E-state index in [0.29, 0.717) is 0 Å². The van der Waals surface area contributed by atoms with Gasteiger partial charge in [0.1, 0.15) is 4.84 Å². The highest BCUT2D eigenvalue weighted by Crippen LogP contribution is 1.95. The van der Waals surface area contributed by atoms with E-state index in [9.17, 15) is 0 Å². The Labute approximate surface area is 74.0 Å². The highest BCUT2D eigenvalue weighted by atomic mass is 35.5. The van der Waals surface area contributed by atoms with Crippen LogP contribution < -0.4 is 0 Å². The fraction of sp³-hybridized carbons (Fsp3) is 1.00. The Bertz CT molecular complexity index is 35.8. The van der Waals surface area contributed by atoms with Crippen molar-refractivity contribution in [2.75, 3.05) is 0 Å². The average molecular weight is 189 g/mol. The minimum absolute atomic E-state index is 0. The van der Waals surface area contributed by atoms with E-state index in [0.717, 1.165) is 0 Å². The van der Waals surface area contributed by atoms with Crippen LogP contribution in [0.5, 0.6) is 0 Å². The van der Waals surface area contributed by atoms with Crippen LogP contribution in [-0.4, -0.2) is 10.3 Å². The molecule has 0 aromatic rings. The predicted octanol–water partition coefficient (Wildman–Crippen LogP) is 3.18. The highest BCUT2D eigenvalue weighted by molar-refractivity contribution is 6.43. The second kappa shape index (κ2) is 16.3. The molecule has 1 nitrogen and oxygen atoms in total. The van der Waals surface area contributed by atoms with Crippen LogP contribution in [0.25, 0.3) is 0 Å². The van der Waals surface area contributed by atoms with Crippen LogP contribution in [-0.2, 0) is 0 Å². The number of hydrogen-bond donors (Lipinski definition) is 0. The molecule has 0 saturated carbocycles. The van der Waals surface area contributed by atoms with Gasteiger partial charge in [-0.3, -0.25) is 0 Å². The standard InChI is InChI=1S/C5H12.C2H4Cl2.H2O/c1-3-5-4-2;1-2(3)4;/h3-5H2,1-2H3;2H,1H3;1H2. The number of unbranched alkanes of at least 4 members (excludes halogenated alkanes) is 2. The third kappa shape index (κ3) is 75.3. The minimum Gasteiger partial charge on any atom is -0.412 e. The number of hydrogen-bond acceptors (Lipinski definition) is 0. The molecule has 0 rings (SSSR count). The summed E-state index contributed by atoms with van der Waals surface area (Å²) in [5.41, 5.74) is 0. The molecule has 0 spiro atoms. The molecule has 2 N–H and O–H groups in total. The molecule has 0 amide bonds. The summed E-state index contributed by atoms with van der Waals surface area (Å²) >= 11 is 10.1. The smallest absolute Gasteiger partial charge is 0.105 e. The molecule has 0 aliphatic carbocycles. The van der Waals surface area contributed by atoms with Gasteiger partial charge in [-0.05, 0) is 6.92 Å². The Morgan fingerprint density at radius 2 is 1.30 bits per heavy atom. The summed E-state index contributed by atoms with van der Waals surface area (Å²) in [4.78, 5) is -0.222. The Morgan fingerprint density at radius 3 is 1.30 bits per heavy atom. The molecule has 10 heavy (non-hydrogen) atoms. The van der Waals surface area contributed by atoms with Crippen LogP contribution in [0.3, 0.4) is 0 Å². The Morgan fingerprint density at radius 1 is 1.10 bits per heavy atom. The lowest BCUT2D eigenvalue weighted by molar-refractivity contribution is 0.772. The molecule has 0 aliphatic heterocycles. The van der Waals surface area contributed by atoms with Gasteiger partial charge >= 0.3 is 0 Å². The molecule has 3 heteroatoms. The monoisotopic (exact) mass is 188 g/mol. The summed E-state index contributed by atoms with van der Waals surface area (Å²) in [6, 6.07) is 0. The summed E-state index contributed by atoms with van der Waals surface area (Å²) in [7, 11) is 0. The van der Waals surface area contributed by atoms with E-state index in [-0.39, 0.29) is 10.3 Å². The molecule has 0 bridgehead atoms. The SMILES string of the molecule is CC(Cl)Cl.CCCCC.O. The quantitative estimate of drug-likeness (QED) is 0.597. The summed E-state index contributed by atoms with van der Waals surface area (Å²) in [5.74, 6) is 0. The topological polar surface area (TPSA) is 31.5 Å². The zero-order valence-electron chi connectivity index (χ0n) is 6.95. The number of alkyl halides is 2. The Balaban J connectivity index is -0.0000000910. The van der Waals surface area contributed by atoms with Gasteiger partial charge in [-0.1, -0.05) is 33.1 Å². The molecule has 0 radical (unpaired) electrons. The van der Waals surface area contributed by atoms with Gasteiger partial charge in [0.25, 0.3) is 0 Å². The third-order valence-corrected chi connectivity index (χ3v) is 0.707. The molecule has 0 aliphatic rings. The van der Waals surface area contributed by atoms with Crippen molar-refractivity contribution in [1.29, 1.82) is 0 Å². The molecular weight excluding hydrogens is 171 g/mol. The van der Waals surface area contributed by atoms with Crippen molar-refractivity contribution in [3.63, 3.8) is 0 Å². The Kier molecular flexibility index (Phi) is 27.4. The maximum atomic E-state index is 5.04. The van der Waals surface area contributed by atoms with Gasteiger partial charge in [-0.25, -0.2) is 0 Å². The second-order valence-electron chi connectivity index (χ2n) is 1.87. The third-order valence-electron chi connectivity index (χ3n) is 0.707. The predicted molar refractivity (Wildman–Crippen MR) is 50.0 cm³/mol. The van der Waals surface area contributed by atoms with E-state index in [1.54, 1.807) is 6.92 Å². The molecule has 0 fully saturated rings. The van der Waals surface area contributed by atoms with Gasteiger partial charge < -0.3 is 5.48 Å². The molecule has 0 aromatic carbocycles. The minimum atomic E-state index is -0.222. The first-order chi connectivity index (χ1) is 4.15. The van der Waals surface area contributed by atoms with E-state index in [1.807, 2.05) is 0 Å². The first-order valence-corrected chi connectivity index (χ1v) is 4.30. The van der Waals surface area contributed by atoms with Gasteiger partial charge in [0.15, 0.2) is 0 Å². The fourth-order valence-electron chi connectivity index (χ4n) is 0.354. The van der Waals surface area contributed by atoms with Crippen LogP contribution in [0.2, 0.25) is 0 Å². The normalized spacial score (nSPS) is 7.80. The first-order valence-electron chi connectivity index (χ1n) is 3.43. The summed E-state index contributed by atoms with van der Waals surface area (Å²) in [5, 5.41) is 0. The van der Waals surface area contributed by atoms with Crippen LogP contribution in [0.4, 0.5) is 0 Å². The zero-order chi connectivity index (χ0) is 7.70. The summed E-state index contributed by atoms with van der Waals surface area (Å²) in [6.45, 7) is 6.12.